The van der Waals surface area contributed by atoms with Crippen LogP contribution in [0.15, 0.2) is 22.7 Å². The maximum atomic E-state index is 9.36. The summed E-state index contributed by atoms with van der Waals surface area (Å²) in [7, 11) is 0. The smallest absolute Gasteiger partial charge is 0.174 e. The Hall–Kier alpha value is -1.75. The van der Waals surface area contributed by atoms with E-state index in [9.17, 15) is 5.11 Å². The number of ether oxygens (including phenoxy) is 1. The molecule has 5 heteroatoms. The van der Waals surface area contributed by atoms with E-state index in [-0.39, 0.29) is 6.61 Å². The molecule has 1 heterocycles. The Morgan fingerprint density at radius 3 is 3.12 bits per heavy atom. The fourth-order valence-corrected chi connectivity index (χ4v) is 1.34. The molecule has 0 saturated carbocycles. The largest absolute Gasteiger partial charge is 0.491 e. The van der Waals surface area contributed by atoms with Gasteiger partial charge in [-0.15, -0.1) is 0 Å². The van der Waals surface area contributed by atoms with Crippen molar-refractivity contribution < 1.29 is 14.4 Å². The van der Waals surface area contributed by atoms with Crippen molar-refractivity contribution in [3.8, 4) is 5.75 Å². The molecule has 0 saturated heterocycles. The van der Waals surface area contributed by atoms with Crippen LogP contribution in [0, 0.1) is 0 Å². The molecule has 0 radical (unpaired) electrons. The van der Waals surface area contributed by atoms with Gasteiger partial charge in [-0.2, -0.15) is 0 Å². The van der Waals surface area contributed by atoms with Gasteiger partial charge in [-0.05, 0) is 18.6 Å². The summed E-state index contributed by atoms with van der Waals surface area (Å²) in [5, 5.41) is 13.8. The standard InChI is InChI=1S/C11H14N2O3/c1-2-7(14)6-15-8-3-4-9-10(5-8)16-13-11(9)12/h3-5,7,14H,2,6H2,1H3,(H2,12,13). The maximum absolute atomic E-state index is 9.36. The second-order valence-corrected chi connectivity index (χ2v) is 3.60. The van der Waals surface area contributed by atoms with Crippen LogP contribution >= 0.6 is 0 Å². The Morgan fingerprint density at radius 1 is 1.56 bits per heavy atom. The van der Waals surface area contributed by atoms with E-state index >= 15 is 0 Å². The van der Waals surface area contributed by atoms with E-state index in [0.717, 1.165) is 5.39 Å². The number of hydrogen-bond acceptors (Lipinski definition) is 5. The van der Waals surface area contributed by atoms with Gasteiger partial charge < -0.3 is 20.1 Å². The number of rotatable bonds is 4. The molecule has 1 aromatic heterocycles. The lowest BCUT2D eigenvalue weighted by molar-refractivity contribution is 0.104. The molecule has 0 aliphatic rings. The number of nitrogens with zero attached hydrogens (tertiary/aromatic N) is 1. The molecule has 2 aromatic rings. The number of benzene rings is 1. The monoisotopic (exact) mass is 222 g/mol. The van der Waals surface area contributed by atoms with Crippen molar-refractivity contribution >= 4 is 16.8 Å². The molecule has 0 spiro atoms. The highest BCUT2D eigenvalue weighted by atomic mass is 16.5. The lowest BCUT2D eigenvalue weighted by Gasteiger charge is -2.09. The van der Waals surface area contributed by atoms with Gasteiger partial charge in [0.15, 0.2) is 11.4 Å². The van der Waals surface area contributed by atoms with Gasteiger partial charge in [-0.1, -0.05) is 12.1 Å². The average molecular weight is 222 g/mol. The van der Waals surface area contributed by atoms with Crippen LogP contribution in [0.3, 0.4) is 0 Å². The molecule has 5 nitrogen and oxygen atoms in total. The molecule has 3 N–H and O–H groups in total. The minimum absolute atomic E-state index is 0.269. The molecule has 0 bridgehead atoms. The van der Waals surface area contributed by atoms with Gasteiger partial charge in [-0.3, -0.25) is 0 Å². The van der Waals surface area contributed by atoms with Gasteiger partial charge >= 0.3 is 0 Å². The molecule has 1 aromatic carbocycles. The van der Waals surface area contributed by atoms with E-state index in [1.54, 1.807) is 18.2 Å². The van der Waals surface area contributed by atoms with E-state index < -0.39 is 6.10 Å². The van der Waals surface area contributed by atoms with Gasteiger partial charge in [0.1, 0.15) is 12.4 Å². The number of anilines is 1. The predicted octanol–water partition coefficient (Wildman–Crippen LogP) is 1.56. The van der Waals surface area contributed by atoms with Gasteiger partial charge in [-0.25, -0.2) is 0 Å². The summed E-state index contributed by atoms with van der Waals surface area (Å²) >= 11 is 0. The topological polar surface area (TPSA) is 81.5 Å². The van der Waals surface area contributed by atoms with Crippen molar-refractivity contribution in [2.24, 2.45) is 0 Å². The summed E-state index contributed by atoms with van der Waals surface area (Å²) in [4.78, 5) is 0. The zero-order valence-corrected chi connectivity index (χ0v) is 9.01. The average Bonchev–Trinajstić information content (AvgIpc) is 2.67. The number of nitrogens with two attached hydrogens (primary N) is 1. The van der Waals surface area contributed by atoms with Crippen LogP contribution in [-0.4, -0.2) is 23.0 Å². The Kier molecular flexibility index (Phi) is 2.96. The maximum Gasteiger partial charge on any atom is 0.174 e. The molecule has 86 valence electrons. The quantitative estimate of drug-likeness (QED) is 0.820. The SMILES string of the molecule is CCC(O)COc1ccc2c(N)noc2c1. The van der Waals surface area contributed by atoms with Crippen molar-refractivity contribution in [3.05, 3.63) is 18.2 Å². The highest BCUT2D eigenvalue weighted by Gasteiger charge is 2.07. The van der Waals surface area contributed by atoms with E-state index in [1.165, 1.54) is 0 Å². The highest BCUT2D eigenvalue weighted by Crippen LogP contribution is 2.24. The Labute approximate surface area is 92.8 Å². The van der Waals surface area contributed by atoms with Crippen molar-refractivity contribution in [2.45, 2.75) is 19.4 Å². The molecule has 0 amide bonds. The van der Waals surface area contributed by atoms with Crippen LogP contribution < -0.4 is 10.5 Å². The number of aliphatic hydroxyl groups excluding tert-OH is 1. The number of aliphatic hydroxyl groups is 1. The second-order valence-electron chi connectivity index (χ2n) is 3.60. The molecular weight excluding hydrogens is 208 g/mol. The number of fused-ring (bicyclic) bond motifs is 1. The normalized spacial score (nSPS) is 12.9. The van der Waals surface area contributed by atoms with Crippen LogP contribution in [0.1, 0.15) is 13.3 Å². The van der Waals surface area contributed by atoms with Crippen molar-refractivity contribution in [1.29, 1.82) is 0 Å². The van der Waals surface area contributed by atoms with Gasteiger partial charge in [0, 0.05) is 6.07 Å². The molecule has 1 unspecified atom stereocenters. The first-order valence-electron chi connectivity index (χ1n) is 5.16. The number of hydrogen-bond donors (Lipinski definition) is 2. The summed E-state index contributed by atoms with van der Waals surface area (Å²) < 4.78 is 10.4. The van der Waals surface area contributed by atoms with E-state index in [2.05, 4.69) is 5.16 Å². The first-order chi connectivity index (χ1) is 7.70. The molecule has 16 heavy (non-hydrogen) atoms. The van der Waals surface area contributed by atoms with Crippen LogP contribution in [0.25, 0.3) is 11.0 Å². The summed E-state index contributed by atoms with van der Waals surface area (Å²) in [5.41, 5.74) is 6.17. The molecule has 0 fully saturated rings. The van der Waals surface area contributed by atoms with Crippen LogP contribution in [0.4, 0.5) is 5.82 Å². The predicted molar refractivity (Wildman–Crippen MR) is 60.2 cm³/mol. The highest BCUT2D eigenvalue weighted by molar-refractivity contribution is 5.87. The fourth-order valence-electron chi connectivity index (χ4n) is 1.34. The van der Waals surface area contributed by atoms with Crippen LogP contribution in [-0.2, 0) is 0 Å². The second kappa shape index (κ2) is 4.40. The zero-order valence-electron chi connectivity index (χ0n) is 9.01. The van der Waals surface area contributed by atoms with Crippen LogP contribution in [0.5, 0.6) is 5.75 Å². The summed E-state index contributed by atoms with van der Waals surface area (Å²) in [6.07, 6.45) is 0.216. The van der Waals surface area contributed by atoms with Crippen molar-refractivity contribution in [2.75, 3.05) is 12.3 Å². The molecule has 0 aliphatic carbocycles. The third-order valence-electron chi connectivity index (χ3n) is 2.39. The third kappa shape index (κ3) is 2.09. The third-order valence-corrected chi connectivity index (χ3v) is 2.39. The van der Waals surface area contributed by atoms with E-state index in [0.29, 0.717) is 23.6 Å². The van der Waals surface area contributed by atoms with E-state index in [4.69, 9.17) is 15.0 Å². The number of aromatic nitrogens is 1. The van der Waals surface area contributed by atoms with E-state index in [1.807, 2.05) is 6.92 Å². The zero-order chi connectivity index (χ0) is 11.5. The van der Waals surface area contributed by atoms with Crippen LogP contribution in [0.2, 0.25) is 0 Å². The van der Waals surface area contributed by atoms with Gasteiger partial charge in [0.2, 0.25) is 0 Å². The minimum atomic E-state index is -0.449. The van der Waals surface area contributed by atoms with Crippen molar-refractivity contribution in [3.63, 3.8) is 0 Å². The minimum Gasteiger partial charge on any atom is -0.491 e. The summed E-state index contributed by atoms with van der Waals surface area (Å²) in [6.45, 7) is 2.17. The Morgan fingerprint density at radius 2 is 2.38 bits per heavy atom. The Balaban J connectivity index is 2.14. The molecular formula is C11H14N2O3. The van der Waals surface area contributed by atoms with Gasteiger partial charge in [0.25, 0.3) is 0 Å². The lowest BCUT2D eigenvalue weighted by atomic mass is 10.2. The summed E-state index contributed by atoms with van der Waals surface area (Å²) in [6, 6.07) is 5.27. The fraction of sp³-hybridized carbons (Fsp3) is 0.364. The van der Waals surface area contributed by atoms with Crippen molar-refractivity contribution in [1.82, 2.24) is 5.16 Å². The lowest BCUT2D eigenvalue weighted by Crippen LogP contribution is -2.15. The molecule has 1 atom stereocenters. The summed E-state index contributed by atoms with van der Waals surface area (Å²) in [5.74, 6) is 1.01. The first-order valence-corrected chi connectivity index (χ1v) is 5.16. The first kappa shape index (κ1) is 10.8. The van der Waals surface area contributed by atoms with Gasteiger partial charge in [0.05, 0.1) is 11.5 Å². The molecule has 2 rings (SSSR count). The Bertz CT molecular complexity index is 481. The number of nitrogen functional groups attached to an aromatic ring is 1. The molecule has 0 aliphatic heterocycles.